The molecule has 0 bridgehead atoms. The monoisotopic (exact) mass is 679 g/mol. The predicted octanol–water partition coefficient (Wildman–Crippen LogP) is 4.69. The van der Waals surface area contributed by atoms with E-state index < -0.39 is 68.4 Å². The SMILES string of the molecule is C=CCCONC(=O)c1cc(Cc2ccnc(NS(=O)(=O)NC)c2F)c(F)c(F)c1Nc1ccc(I)cc1F. The van der Waals surface area contributed by atoms with Gasteiger partial charge in [-0.25, -0.2) is 32.7 Å². The molecule has 0 aliphatic heterocycles. The highest BCUT2D eigenvalue weighted by Gasteiger charge is 2.25. The molecule has 0 saturated heterocycles. The normalized spacial score (nSPS) is 11.2. The highest BCUT2D eigenvalue weighted by molar-refractivity contribution is 14.1. The molecule has 0 radical (unpaired) electrons. The van der Waals surface area contributed by atoms with Crippen LogP contribution in [0.1, 0.15) is 27.9 Å². The zero-order valence-corrected chi connectivity index (χ0v) is 23.2. The number of hydrogen-bond acceptors (Lipinski definition) is 6. The summed E-state index contributed by atoms with van der Waals surface area (Å²) in [6.07, 6.45) is 2.38. The Labute approximate surface area is 235 Å². The zero-order chi connectivity index (χ0) is 28.7. The summed E-state index contributed by atoms with van der Waals surface area (Å²) < 4.78 is 87.9. The molecule has 0 aliphatic rings. The summed E-state index contributed by atoms with van der Waals surface area (Å²) in [5.41, 5.74) is 0.00728. The van der Waals surface area contributed by atoms with Crippen LogP contribution >= 0.6 is 22.6 Å². The summed E-state index contributed by atoms with van der Waals surface area (Å²) >= 11 is 1.87. The van der Waals surface area contributed by atoms with E-state index in [-0.39, 0.29) is 17.9 Å². The van der Waals surface area contributed by atoms with Crippen molar-refractivity contribution in [2.24, 2.45) is 0 Å². The van der Waals surface area contributed by atoms with Gasteiger partial charge >= 0.3 is 0 Å². The summed E-state index contributed by atoms with van der Waals surface area (Å²) in [6.45, 7) is 3.55. The quantitative estimate of drug-likeness (QED) is 0.0726. The highest BCUT2D eigenvalue weighted by Crippen LogP contribution is 2.32. The largest absolute Gasteiger partial charge is 0.350 e. The lowest BCUT2D eigenvalue weighted by atomic mass is 10.00. The third-order valence-corrected chi connectivity index (χ3v) is 6.83. The van der Waals surface area contributed by atoms with Crippen LogP contribution in [0.2, 0.25) is 0 Å². The van der Waals surface area contributed by atoms with E-state index in [4.69, 9.17) is 4.84 Å². The fourth-order valence-electron chi connectivity index (χ4n) is 3.22. The number of halogens is 5. The topological polar surface area (TPSA) is 121 Å². The van der Waals surface area contributed by atoms with E-state index in [0.29, 0.717) is 9.99 Å². The maximum Gasteiger partial charge on any atom is 0.300 e. The van der Waals surface area contributed by atoms with Crippen LogP contribution in [0.15, 0.2) is 49.2 Å². The number of carbonyl (C=O) groups excluding carboxylic acids is 1. The van der Waals surface area contributed by atoms with Gasteiger partial charge in [-0.05, 0) is 70.5 Å². The van der Waals surface area contributed by atoms with Crippen LogP contribution in [-0.2, 0) is 21.5 Å². The molecule has 9 nitrogen and oxygen atoms in total. The highest BCUT2D eigenvalue weighted by atomic mass is 127. The minimum absolute atomic E-state index is 0.0355. The Morgan fingerprint density at radius 1 is 1.10 bits per heavy atom. The lowest BCUT2D eigenvalue weighted by Gasteiger charge is -2.17. The van der Waals surface area contributed by atoms with Crippen LogP contribution in [0, 0.1) is 26.8 Å². The van der Waals surface area contributed by atoms with E-state index in [1.807, 2.05) is 32.0 Å². The number of nitrogens with zero attached hydrogens (tertiary/aromatic N) is 1. The molecule has 1 aromatic heterocycles. The van der Waals surface area contributed by atoms with E-state index in [1.54, 1.807) is 0 Å². The molecule has 1 amide bonds. The first-order valence-corrected chi connectivity index (χ1v) is 13.6. The van der Waals surface area contributed by atoms with Crippen molar-refractivity contribution in [2.75, 3.05) is 23.7 Å². The lowest BCUT2D eigenvalue weighted by molar-refractivity contribution is 0.0330. The summed E-state index contributed by atoms with van der Waals surface area (Å²) in [5, 5.41) is 2.41. The van der Waals surface area contributed by atoms with Crippen molar-refractivity contribution in [3.8, 4) is 0 Å². The van der Waals surface area contributed by atoms with Gasteiger partial charge in [0.1, 0.15) is 5.82 Å². The second kappa shape index (κ2) is 13.2. The molecule has 1 heterocycles. The number of hydroxylamine groups is 1. The number of benzene rings is 2. The van der Waals surface area contributed by atoms with Crippen LogP contribution in [0.4, 0.5) is 34.8 Å². The number of carbonyl (C=O) groups is 1. The number of amides is 1. The molecule has 0 aliphatic carbocycles. The van der Waals surface area contributed by atoms with Crippen LogP contribution in [0.25, 0.3) is 0 Å². The van der Waals surface area contributed by atoms with Crippen molar-refractivity contribution in [1.82, 2.24) is 15.2 Å². The Morgan fingerprint density at radius 3 is 2.51 bits per heavy atom. The molecule has 0 atom stereocenters. The van der Waals surface area contributed by atoms with Gasteiger partial charge in [0, 0.05) is 23.2 Å². The van der Waals surface area contributed by atoms with Gasteiger partial charge < -0.3 is 5.32 Å². The number of rotatable bonds is 12. The van der Waals surface area contributed by atoms with Crippen LogP contribution in [0.3, 0.4) is 0 Å². The lowest BCUT2D eigenvalue weighted by Crippen LogP contribution is -2.27. The average molecular weight is 679 g/mol. The van der Waals surface area contributed by atoms with Crippen molar-refractivity contribution in [3.63, 3.8) is 0 Å². The first kappa shape index (κ1) is 30.3. The smallest absolute Gasteiger partial charge is 0.300 e. The third kappa shape index (κ3) is 7.65. The second-order valence-electron chi connectivity index (χ2n) is 7.81. The minimum Gasteiger partial charge on any atom is -0.350 e. The van der Waals surface area contributed by atoms with Crippen molar-refractivity contribution in [2.45, 2.75) is 12.8 Å². The van der Waals surface area contributed by atoms with Gasteiger partial charge in [0.05, 0.1) is 23.5 Å². The Bertz CT molecular complexity index is 1510. The van der Waals surface area contributed by atoms with E-state index in [0.717, 1.165) is 31.4 Å². The number of pyridine rings is 1. The standard InChI is InChI=1S/C24H22F4IN5O4S/c1-3-4-9-38-33-24(35)16-11-14(10-13-7-8-31-23(20(13)27)34-39(36,37)30-2)19(26)21(28)22(16)32-18-6-5-15(29)12-17(18)25/h3,5-8,11-12,30,32H,1,4,9-10H2,2H3,(H,31,34)(H,33,35). The first-order valence-electron chi connectivity index (χ1n) is 11.1. The molecule has 0 fully saturated rings. The van der Waals surface area contributed by atoms with E-state index in [2.05, 4.69) is 22.4 Å². The van der Waals surface area contributed by atoms with Gasteiger partial charge in [0.15, 0.2) is 23.3 Å². The molecule has 0 spiro atoms. The van der Waals surface area contributed by atoms with Gasteiger partial charge in [-0.15, -0.1) is 6.58 Å². The number of hydrogen-bond donors (Lipinski definition) is 4. The average Bonchev–Trinajstić information content (AvgIpc) is 2.89. The summed E-state index contributed by atoms with van der Waals surface area (Å²) in [5.74, 6) is -6.57. The Hall–Kier alpha value is -3.28. The molecule has 3 rings (SSSR count). The third-order valence-electron chi connectivity index (χ3n) is 5.16. The Morgan fingerprint density at radius 2 is 1.85 bits per heavy atom. The van der Waals surface area contributed by atoms with E-state index in [9.17, 15) is 17.6 Å². The van der Waals surface area contributed by atoms with Gasteiger partial charge in [-0.2, -0.15) is 8.42 Å². The Kier molecular flexibility index (Phi) is 10.2. The van der Waals surface area contributed by atoms with E-state index in [1.165, 1.54) is 18.2 Å². The number of anilines is 3. The van der Waals surface area contributed by atoms with Gasteiger partial charge in [0.25, 0.3) is 16.1 Å². The Balaban J connectivity index is 2.05. The van der Waals surface area contributed by atoms with Crippen LogP contribution < -0.4 is 20.2 Å². The van der Waals surface area contributed by atoms with Crippen LogP contribution in [-0.4, -0.2) is 33.0 Å². The van der Waals surface area contributed by atoms with Crippen molar-refractivity contribution < 1.29 is 35.6 Å². The summed E-state index contributed by atoms with van der Waals surface area (Å²) in [4.78, 5) is 21.5. The summed E-state index contributed by atoms with van der Waals surface area (Å²) in [6, 6.07) is 6.03. The molecule has 0 saturated carbocycles. The number of aromatic nitrogens is 1. The predicted molar refractivity (Wildman–Crippen MR) is 146 cm³/mol. The minimum atomic E-state index is -4.12. The molecule has 3 aromatic rings. The van der Waals surface area contributed by atoms with Crippen LogP contribution in [0.5, 0.6) is 0 Å². The maximum atomic E-state index is 15.4. The fourth-order valence-corrected chi connectivity index (χ4v) is 4.17. The van der Waals surface area contributed by atoms with Gasteiger partial charge in [-0.3, -0.25) is 14.4 Å². The van der Waals surface area contributed by atoms with Crippen molar-refractivity contribution in [1.29, 1.82) is 0 Å². The van der Waals surface area contributed by atoms with Gasteiger partial charge in [-0.1, -0.05) is 6.08 Å². The molecular weight excluding hydrogens is 657 g/mol. The number of nitrogens with one attached hydrogen (secondary N) is 4. The van der Waals surface area contributed by atoms with E-state index >= 15 is 13.2 Å². The molecular formula is C24H22F4IN5O4S. The van der Waals surface area contributed by atoms with Crippen molar-refractivity contribution >= 4 is 55.9 Å². The molecule has 4 N–H and O–H groups in total. The second-order valence-corrected chi connectivity index (χ2v) is 10.7. The molecule has 15 heteroatoms. The molecule has 39 heavy (non-hydrogen) atoms. The molecule has 208 valence electrons. The molecule has 2 aromatic carbocycles. The maximum absolute atomic E-state index is 15.4. The van der Waals surface area contributed by atoms with Gasteiger partial charge in [0.2, 0.25) is 0 Å². The summed E-state index contributed by atoms with van der Waals surface area (Å²) in [7, 11) is -3.03. The fraction of sp³-hybridized carbons (Fsp3) is 0.167. The molecule has 0 unspecified atom stereocenters. The first-order chi connectivity index (χ1) is 18.5. The van der Waals surface area contributed by atoms with Crippen molar-refractivity contribution in [3.05, 3.63) is 92.7 Å². The zero-order valence-electron chi connectivity index (χ0n) is 20.2.